The Balaban J connectivity index is 1.99. The van der Waals surface area contributed by atoms with Crippen LogP contribution in [0.15, 0.2) is 0 Å². The second-order valence-electron chi connectivity index (χ2n) is 4.28. The molecule has 1 aromatic heterocycles. The Labute approximate surface area is 89.8 Å². The van der Waals surface area contributed by atoms with Crippen LogP contribution in [0.3, 0.4) is 0 Å². The van der Waals surface area contributed by atoms with E-state index in [1.54, 1.807) is 0 Å². The van der Waals surface area contributed by atoms with Crippen LogP contribution in [0.4, 0.5) is 5.95 Å². The fraction of sp³-hybridized carbons (Fsp3) is 0.800. The molecule has 0 spiro atoms. The van der Waals surface area contributed by atoms with Gasteiger partial charge in [-0.25, -0.2) is 0 Å². The number of hydrogen-bond acceptors (Lipinski definition) is 4. The van der Waals surface area contributed by atoms with E-state index in [1.807, 2.05) is 0 Å². The standard InChI is InChI=1S/C10H18N4O/c1-8(2)7-9-11-10(13-12-9)14-3-5-15-6-4-14/h8H,3-7H2,1-2H3,(H,11,12,13). The van der Waals surface area contributed by atoms with Gasteiger partial charge in [0.25, 0.3) is 0 Å². The lowest BCUT2D eigenvalue weighted by molar-refractivity contribution is 0.122. The van der Waals surface area contributed by atoms with Gasteiger partial charge in [-0.05, 0) is 5.92 Å². The summed E-state index contributed by atoms with van der Waals surface area (Å²) in [5.41, 5.74) is 0. The molecule has 2 rings (SSSR count). The maximum Gasteiger partial charge on any atom is 0.244 e. The summed E-state index contributed by atoms with van der Waals surface area (Å²) in [4.78, 5) is 6.63. The van der Waals surface area contributed by atoms with Gasteiger partial charge in [0.1, 0.15) is 5.82 Å². The summed E-state index contributed by atoms with van der Waals surface area (Å²) >= 11 is 0. The molecule has 0 bridgehead atoms. The summed E-state index contributed by atoms with van der Waals surface area (Å²) in [6.07, 6.45) is 0.956. The molecule has 15 heavy (non-hydrogen) atoms. The molecule has 0 saturated carbocycles. The average molecular weight is 210 g/mol. The SMILES string of the molecule is CC(C)Cc1nc(N2CCOCC2)n[nH]1. The molecule has 5 heteroatoms. The van der Waals surface area contributed by atoms with Crippen LogP contribution < -0.4 is 4.90 Å². The van der Waals surface area contributed by atoms with Crippen LogP contribution in [-0.4, -0.2) is 41.5 Å². The van der Waals surface area contributed by atoms with Gasteiger partial charge < -0.3 is 9.64 Å². The van der Waals surface area contributed by atoms with E-state index in [2.05, 4.69) is 33.9 Å². The number of morpholine rings is 1. The Morgan fingerprint density at radius 1 is 1.40 bits per heavy atom. The first kappa shape index (κ1) is 10.4. The predicted molar refractivity (Wildman–Crippen MR) is 58.0 cm³/mol. The van der Waals surface area contributed by atoms with Gasteiger partial charge in [0.05, 0.1) is 13.2 Å². The third-order valence-electron chi connectivity index (χ3n) is 2.42. The maximum absolute atomic E-state index is 5.29. The van der Waals surface area contributed by atoms with Gasteiger partial charge in [-0.2, -0.15) is 4.98 Å². The molecule has 1 fully saturated rings. The number of rotatable bonds is 3. The number of anilines is 1. The molecule has 1 aliphatic rings. The zero-order valence-electron chi connectivity index (χ0n) is 9.36. The number of aromatic amines is 1. The Hall–Kier alpha value is -1.10. The monoisotopic (exact) mass is 210 g/mol. The Morgan fingerprint density at radius 2 is 2.13 bits per heavy atom. The van der Waals surface area contributed by atoms with E-state index in [1.165, 1.54) is 0 Å². The van der Waals surface area contributed by atoms with Crippen molar-refractivity contribution in [2.75, 3.05) is 31.2 Å². The van der Waals surface area contributed by atoms with Crippen molar-refractivity contribution in [3.05, 3.63) is 5.82 Å². The summed E-state index contributed by atoms with van der Waals surface area (Å²) in [5.74, 6) is 2.40. The van der Waals surface area contributed by atoms with Crippen molar-refractivity contribution in [2.45, 2.75) is 20.3 Å². The van der Waals surface area contributed by atoms with Gasteiger partial charge in [-0.1, -0.05) is 13.8 Å². The molecule has 1 aliphatic heterocycles. The Bertz CT molecular complexity index is 304. The van der Waals surface area contributed by atoms with E-state index in [0.717, 1.165) is 44.5 Å². The lowest BCUT2D eigenvalue weighted by Gasteiger charge is -2.25. The normalized spacial score (nSPS) is 17.4. The molecule has 1 N–H and O–H groups in total. The van der Waals surface area contributed by atoms with Crippen LogP contribution in [0.25, 0.3) is 0 Å². The van der Waals surface area contributed by atoms with Crippen molar-refractivity contribution in [2.24, 2.45) is 5.92 Å². The van der Waals surface area contributed by atoms with Gasteiger partial charge in [-0.15, -0.1) is 5.10 Å². The molecule has 0 aromatic carbocycles. The van der Waals surface area contributed by atoms with Crippen LogP contribution in [0.2, 0.25) is 0 Å². The molecule has 0 amide bonds. The summed E-state index contributed by atoms with van der Waals surface area (Å²) in [6, 6.07) is 0. The van der Waals surface area contributed by atoms with E-state index in [-0.39, 0.29) is 0 Å². The van der Waals surface area contributed by atoms with Crippen LogP contribution in [0, 0.1) is 5.92 Å². The van der Waals surface area contributed by atoms with Gasteiger partial charge in [0.2, 0.25) is 5.95 Å². The van der Waals surface area contributed by atoms with Crippen molar-refractivity contribution < 1.29 is 4.74 Å². The van der Waals surface area contributed by atoms with Crippen LogP contribution >= 0.6 is 0 Å². The molecule has 1 saturated heterocycles. The molecular formula is C10H18N4O. The highest BCUT2D eigenvalue weighted by atomic mass is 16.5. The zero-order valence-corrected chi connectivity index (χ0v) is 9.36. The van der Waals surface area contributed by atoms with Crippen molar-refractivity contribution in [1.82, 2.24) is 15.2 Å². The Morgan fingerprint density at radius 3 is 2.80 bits per heavy atom. The molecule has 1 aromatic rings. The number of H-pyrrole nitrogens is 1. The quantitative estimate of drug-likeness (QED) is 0.803. The minimum Gasteiger partial charge on any atom is -0.378 e. The molecule has 0 atom stereocenters. The average Bonchev–Trinajstić information content (AvgIpc) is 2.67. The number of nitrogens with zero attached hydrogens (tertiary/aromatic N) is 3. The minimum atomic E-state index is 0.607. The van der Waals surface area contributed by atoms with E-state index >= 15 is 0 Å². The topological polar surface area (TPSA) is 54.0 Å². The highest BCUT2D eigenvalue weighted by Gasteiger charge is 2.15. The van der Waals surface area contributed by atoms with Crippen LogP contribution in [-0.2, 0) is 11.2 Å². The van der Waals surface area contributed by atoms with Crippen molar-refractivity contribution in [3.8, 4) is 0 Å². The fourth-order valence-electron chi connectivity index (χ4n) is 1.67. The summed E-state index contributed by atoms with van der Waals surface area (Å²) < 4.78 is 5.29. The second-order valence-corrected chi connectivity index (χ2v) is 4.28. The number of nitrogens with one attached hydrogen (secondary N) is 1. The summed E-state index contributed by atoms with van der Waals surface area (Å²) in [7, 11) is 0. The molecule has 0 unspecified atom stereocenters. The molecule has 0 radical (unpaired) electrons. The third kappa shape index (κ3) is 2.68. The van der Waals surface area contributed by atoms with Crippen molar-refractivity contribution in [3.63, 3.8) is 0 Å². The molecule has 5 nitrogen and oxygen atoms in total. The number of ether oxygens (including phenoxy) is 1. The second kappa shape index (κ2) is 4.61. The van der Waals surface area contributed by atoms with E-state index in [0.29, 0.717) is 5.92 Å². The minimum absolute atomic E-state index is 0.607. The zero-order chi connectivity index (χ0) is 10.7. The van der Waals surface area contributed by atoms with Gasteiger partial charge >= 0.3 is 0 Å². The first-order valence-electron chi connectivity index (χ1n) is 5.49. The number of hydrogen-bond donors (Lipinski definition) is 1. The maximum atomic E-state index is 5.29. The highest BCUT2D eigenvalue weighted by molar-refractivity contribution is 5.28. The van der Waals surface area contributed by atoms with E-state index < -0.39 is 0 Å². The fourth-order valence-corrected chi connectivity index (χ4v) is 1.67. The van der Waals surface area contributed by atoms with Crippen LogP contribution in [0.1, 0.15) is 19.7 Å². The first-order valence-corrected chi connectivity index (χ1v) is 5.49. The molecule has 2 heterocycles. The first-order chi connectivity index (χ1) is 7.25. The molecule has 84 valence electrons. The number of aromatic nitrogens is 3. The smallest absolute Gasteiger partial charge is 0.244 e. The summed E-state index contributed by atoms with van der Waals surface area (Å²) in [6.45, 7) is 7.67. The van der Waals surface area contributed by atoms with E-state index in [9.17, 15) is 0 Å². The predicted octanol–water partition coefficient (Wildman–Crippen LogP) is 0.840. The van der Waals surface area contributed by atoms with Gasteiger partial charge in [-0.3, -0.25) is 5.10 Å². The van der Waals surface area contributed by atoms with E-state index in [4.69, 9.17) is 4.74 Å². The van der Waals surface area contributed by atoms with Gasteiger partial charge in [0.15, 0.2) is 0 Å². The van der Waals surface area contributed by atoms with Gasteiger partial charge in [0, 0.05) is 19.5 Å². The van der Waals surface area contributed by atoms with Crippen LogP contribution in [0.5, 0.6) is 0 Å². The van der Waals surface area contributed by atoms with Crippen molar-refractivity contribution in [1.29, 1.82) is 0 Å². The largest absolute Gasteiger partial charge is 0.378 e. The lowest BCUT2D eigenvalue weighted by atomic mass is 10.1. The van der Waals surface area contributed by atoms with Crippen molar-refractivity contribution >= 4 is 5.95 Å². The molecular weight excluding hydrogens is 192 g/mol. The molecule has 0 aliphatic carbocycles. The third-order valence-corrected chi connectivity index (χ3v) is 2.42. The Kier molecular flexibility index (Phi) is 3.20. The summed E-state index contributed by atoms with van der Waals surface area (Å²) in [5, 5.41) is 7.22. The lowest BCUT2D eigenvalue weighted by Crippen LogP contribution is -2.36. The highest BCUT2D eigenvalue weighted by Crippen LogP contribution is 2.11.